The van der Waals surface area contributed by atoms with Crippen molar-refractivity contribution in [2.75, 3.05) is 24.6 Å². The van der Waals surface area contributed by atoms with Crippen LogP contribution in [-0.2, 0) is 11.2 Å². The van der Waals surface area contributed by atoms with Gasteiger partial charge in [0.1, 0.15) is 6.10 Å². The third kappa shape index (κ3) is 3.03. The van der Waals surface area contributed by atoms with Crippen molar-refractivity contribution in [1.29, 1.82) is 0 Å². The maximum Gasteiger partial charge on any atom is 0.316 e. The zero-order valence-corrected chi connectivity index (χ0v) is 13.8. The minimum Gasteiger partial charge on any atom is -0.458 e. The average molecular weight is 327 g/mol. The quantitative estimate of drug-likeness (QED) is 0.845. The Hall–Kier alpha value is -2.28. The number of ether oxygens (including phenoxy) is 2. The molecular formula is C17H21N5O2. The molecule has 2 atom stereocenters. The van der Waals surface area contributed by atoms with Crippen molar-refractivity contribution in [3.8, 4) is 6.01 Å². The molecule has 2 aliphatic rings. The van der Waals surface area contributed by atoms with Crippen LogP contribution >= 0.6 is 0 Å². The lowest BCUT2D eigenvalue weighted by atomic mass is 9.98. The van der Waals surface area contributed by atoms with E-state index >= 15 is 0 Å². The fraction of sp³-hybridized carbons (Fsp3) is 0.529. The molecule has 0 radical (unpaired) electrons. The summed E-state index contributed by atoms with van der Waals surface area (Å²) in [4.78, 5) is 19.4. The Balaban J connectivity index is 1.39. The van der Waals surface area contributed by atoms with Gasteiger partial charge in [0, 0.05) is 37.8 Å². The Labute approximate surface area is 141 Å². The van der Waals surface area contributed by atoms with Crippen LogP contribution in [0.3, 0.4) is 0 Å². The minimum atomic E-state index is -0.174. The second-order valence-electron chi connectivity index (χ2n) is 6.39. The molecule has 0 saturated carbocycles. The standard InChI is InChI=1S/C17H21N5O2/c1-2-13-9-20-15(21-10-13)22-7-4-17(12-22)8-14(11-23-17)24-16-18-5-3-6-19-16/h3,5-6,9-10,14H,2,4,7-8,11-12H2,1H3/t14-,17+/m0/s1. The van der Waals surface area contributed by atoms with Crippen molar-refractivity contribution in [2.24, 2.45) is 0 Å². The van der Waals surface area contributed by atoms with Gasteiger partial charge in [-0.15, -0.1) is 0 Å². The zero-order chi connectivity index (χ0) is 16.4. The first kappa shape index (κ1) is 15.3. The van der Waals surface area contributed by atoms with E-state index in [1.807, 2.05) is 12.4 Å². The van der Waals surface area contributed by atoms with Gasteiger partial charge in [0.05, 0.1) is 18.8 Å². The van der Waals surface area contributed by atoms with Gasteiger partial charge in [-0.25, -0.2) is 19.9 Å². The lowest BCUT2D eigenvalue weighted by molar-refractivity contribution is 0.0192. The Kier molecular flexibility index (Phi) is 4.02. The third-order valence-electron chi connectivity index (χ3n) is 4.69. The van der Waals surface area contributed by atoms with Crippen LogP contribution < -0.4 is 9.64 Å². The van der Waals surface area contributed by atoms with Crippen molar-refractivity contribution in [2.45, 2.75) is 37.9 Å². The van der Waals surface area contributed by atoms with Gasteiger partial charge in [-0.1, -0.05) is 6.92 Å². The fourth-order valence-electron chi connectivity index (χ4n) is 3.37. The van der Waals surface area contributed by atoms with E-state index in [4.69, 9.17) is 9.47 Å². The smallest absolute Gasteiger partial charge is 0.316 e. The predicted octanol–water partition coefficient (Wildman–Crippen LogP) is 1.65. The van der Waals surface area contributed by atoms with Gasteiger partial charge in [0.25, 0.3) is 0 Å². The molecule has 0 bridgehead atoms. The van der Waals surface area contributed by atoms with Gasteiger partial charge in [-0.2, -0.15) is 0 Å². The van der Waals surface area contributed by atoms with E-state index in [0.29, 0.717) is 12.6 Å². The Morgan fingerprint density at radius 2 is 2.04 bits per heavy atom. The first-order valence-electron chi connectivity index (χ1n) is 8.40. The summed E-state index contributed by atoms with van der Waals surface area (Å²) in [6.07, 6.45) is 9.92. The van der Waals surface area contributed by atoms with Gasteiger partial charge < -0.3 is 14.4 Å². The van der Waals surface area contributed by atoms with Crippen LogP contribution in [-0.4, -0.2) is 51.3 Å². The number of hydrogen-bond donors (Lipinski definition) is 0. The van der Waals surface area contributed by atoms with E-state index < -0.39 is 0 Å². The summed E-state index contributed by atoms with van der Waals surface area (Å²) in [5.74, 6) is 0.781. The van der Waals surface area contributed by atoms with Crippen LogP contribution in [0.4, 0.5) is 5.95 Å². The molecule has 126 valence electrons. The van der Waals surface area contributed by atoms with Gasteiger partial charge in [-0.05, 0) is 24.5 Å². The second-order valence-corrected chi connectivity index (χ2v) is 6.39. The number of aryl methyl sites for hydroxylation is 1. The van der Waals surface area contributed by atoms with Crippen LogP contribution in [0.2, 0.25) is 0 Å². The van der Waals surface area contributed by atoms with E-state index in [9.17, 15) is 0 Å². The van der Waals surface area contributed by atoms with Crippen molar-refractivity contribution in [3.63, 3.8) is 0 Å². The van der Waals surface area contributed by atoms with E-state index in [0.717, 1.165) is 43.9 Å². The third-order valence-corrected chi connectivity index (χ3v) is 4.69. The monoisotopic (exact) mass is 327 g/mol. The molecule has 1 spiro atoms. The molecule has 0 aliphatic carbocycles. The maximum atomic E-state index is 6.11. The van der Waals surface area contributed by atoms with E-state index in [2.05, 4.69) is 31.8 Å². The Morgan fingerprint density at radius 1 is 1.25 bits per heavy atom. The molecule has 2 saturated heterocycles. The van der Waals surface area contributed by atoms with Crippen LogP contribution in [0.5, 0.6) is 6.01 Å². The minimum absolute atomic E-state index is 0.00395. The highest BCUT2D eigenvalue weighted by atomic mass is 16.6. The van der Waals surface area contributed by atoms with Crippen LogP contribution in [0.15, 0.2) is 30.9 Å². The summed E-state index contributed by atoms with van der Waals surface area (Å²) >= 11 is 0. The first-order valence-corrected chi connectivity index (χ1v) is 8.40. The average Bonchev–Trinajstić information content (AvgIpc) is 3.23. The number of hydrogen-bond acceptors (Lipinski definition) is 7. The van der Waals surface area contributed by atoms with Crippen LogP contribution in [0.1, 0.15) is 25.3 Å². The molecule has 0 amide bonds. The fourth-order valence-corrected chi connectivity index (χ4v) is 3.37. The summed E-state index contributed by atoms with van der Waals surface area (Å²) in [7, 11) is 0. The summed E-state index contributed by atoms with van der Waals surface area (Å²) < 4.78 is 11.9. The molecular weight excluding hydrogens is 306 g/mol. The largest absolute Gasteiger partial charge is 0.458 e. The molecule has 2 aromatic heterocycles. The summed E-state index contributed by atoms with van der Waals surface area (Å²) in [5.41, 5.74) is 0.979. The highest BCUT2D eigenvalue weighted by molar-refractivity contribution is 5.34. The molecule has 4 rings (SSSR count). The Bertz CT molecular complexity index is 681. The summed E-state index contributed by atoms with van der Waals surface area (Å²) in [6.45, 7) is 4.38. The molecule has 0 aromatic carbocycles. The number of aromatic nitrogens is 4. The highest BCUT2D eigenvalue weighted by Gasteiger charge is 2.47. The highest BCUT2D eigenvalue weighted by Crippen LogP contribution is 2.37. The number of nitrogens with zero attached hydrogens (tertiary/aromatic N) is 5. The van der Waals surface area contributed by atoms with Gasteiger partial charge in [0.15, 0.2) is 0 Å². The van der Waals surface area contributed by atoms with Crippen molar-refractivity contribution >= 4 is 5.95 Å². The lowest BCUT2D eigenvalue weighted by Gasteiger charge is -2.23. The van der Waals surface area contributed by atoms with Crippen molar-refractivity contribution in [3.05, 3.63) is 36.4 Å². The second kappa shape index (κ2) is 6.32. The van der Waals surface area contributed by atoms with Gasteiger partial charge in [-0.3, -0.25) is 0 Å². The normalized spacial score (nSPS) is 26.2. The molecule has 2 fully saturated rings. The zero-order valence-electron chi connectivity index (χ0n) is 13.8. The SMILES string of the molecule is CCc1cnc(N2CC[C@@]3(C[C@H](Oc4ncccn4)CO3)C2)nc1. The van der Waals surface area contributed by atoms with Gasteiger partial charge >= 0.3 is 6.01 Å². The van der Waals surface area contributed by atoms with Crippen LogP contribution in [0, 0.1) is 0 Å². The number of anilines is 1. The lowest BCUT2D eigenvalue weighted by Crippen LogP contribution is -2.34. The van der Waals surface area contributed by atoms with Gasteiger partial charge in [0.2, 0.25) is 5.95 Å². The molecule has 0 N–H and O–H groups in total. The van der Waals surface area contributed by atoms with E-state index in [1.54, 1.807) is 18.5 Å². The molecule has 4 heterocycles. The number of rotatable bonds is 4. The molecule has 0 unspecified atom stereocenters. The van der Waals surface area contributed by atoms with E-state index in [-0.39, 0.29) is 11.7 Å². The predicted molar refractivity (Wildman–Crippen MR) is 88.0 cm³/mol. The molecule has 7 nitrogen and oxygen atoms in total. The van der Waals surface area contributed by atoms with Crippen molar-refractivity contribution in [1.82, 2.24) is 19.9 Å². The topological polar surface area (TPSA) is 73.3 Å². The molecule has 2 aromatic rings. The van der Waals surface area contributed by atoms with Crippen molar-refractivity contribution < 1.29 is 9.47 Å². The maximum absolute atomic E-state index is 6.11. The molecule has 7 heteroatoms. The molecule has 24 heavy (non-hydrogen) atoms. The summed E-state index contributed by atoms with van der Waals surface area (Å²) in [6, 6.07) is 2.19. The summed E-state index contributed by atoms with van der Waals surface area (Å²) in [5, 5.41) is 0. The van der Waals surface area contributed by atoms with E-state index in [1.165, 1.54) is 0 Å². The van der Waals surface area contributed by atoms with Crippen LogP contribution in [0.25, 0.3) is 0 Å². The first-order chi connectivity index (χ1) is 11.8. The Morgan fingerprint density at radius 3 is 2.79 bits per heavy atom. The molecule has 2 aliphatic heterocycles.